The van der Waals surface area contributed by atoms with E-state index in [0.29, 0.717) is 13.0 Å². The molecule has 1 aromatic heterocycles. The third-order valence-electron chi connectivity index (χ3n) is 1.54. The molecule has 0 fully saturated rings. The van der Waals surface area contributed by atoms with Gasteiger partial charge in [0.2, 0.25) is 0 Å². The standard InChI is InChI=1S/C9H10N4O/c1-7-5-13-8(6-12-7)9(14)11-4-2-3-10/h5-6H,2,4H2,1H3,(H,11,14). The van der Waals surface area contributed by atoms with E-state index in [4.69, 9.17) is 5.26 Å². The first-order chi connectivity index (χ1) is 6.74. The first-order valence-electron chi connectivity index (χ1n) is 4.18. The fraction of sp³-hybridized carbons (Fsp3) is 0.333. The third kappa shape index (κ3) is 2.83. The maximum Gasteiger partial charge on any atom is 0.271 e. The number of hydrogen-bond donors (Lipinski definition) is 1. The van der Waals surface area contributed by atoms with Gasteiger partial charge in [-0.05, 0) is 6.92 Å². The topological polar surface area (TPSA) is 78.7 Å². The van der Waals surface area contributed by atoms with Crippen LogP contribution in [-0.4, -0.2) is 22.4 Å². The lowest BCUT2D eigenvalue weighted by Gasteiger charge is -2.00. The summed E-state index contributed by atoms with van der Waals surface area (Å²) in [6.45, 7) is 2.13. The van der Waals surface area contributed by atoms with Gasteiger partial charge in [0.1, 0.15) is 5.69 Å². The summed E-state index contributed by atoms with van der Waals surface area (Å²) in [7, 11) is 0. The highest BCUT2D eigenvalue weighted by atomic mass is 16.1. The first kappa shape index (κ1) is 10.1. The van der Waals surface area contributed by atoms with Crippen LogP contribution < -0.4 is 5.32 Å². The van der Waals surface area contributed by atoms with Crippen LogP contribution in [0.5, 0.6) is 0 Å². The van der Waals surface area contributed by atoms with Crippen molar-refractivity contribution in [1.29, 1.82) is 5.26 Å². The number of nitrogens with one attached hydrogen (secondary N) is 1. The summed E-state index contributed by atoms with van der Waals surface area (Å²) < 4.78 is 0. The van der Waals surface area contributed by atoms with Crippen molar-refractivity contribution >= 4 is 5.91 Å². The molecule has 0 aliphatic heterocycles. The molecule has 1 aromatic rings. The van der Waals surface area contributed by atoms with Crippen molar-refractivity contribution in [3.05, 3.63) is 23.8 Å². The molecule has 72 valence electrons. The maximum absolute atomic E-state index is 11.3. The van der Waals surface area contributed by atoms with Gasteiger partial charge in [0.15, 0.2) is 0 Å². The number of carbonyl (C=O) groups excluding carboxylic acids is 1. The summed E-state index contributed by atoms with van der Waals surface area (Å²) in [5.41, 5.74) is 1.03. The van der Waals surface area contributed by atoms with E-state index < -0.39 is 0 Å². The molecular formula is C9H10N4O. The number of aromatic nitrogens is 2. The zero-order chi connectivity index (χ0) is 10.4. The van der Waals surface area contributed by atoms with Gasteiger partial charge >= 0.3 is 0 Å². The minimum absolute atomic E-state index is 0.272. The first-order valence-corrected chi connectivity index (χ1v) is 4.18. The lowest BCUT2D eigenvalue weighted by molar-refractivity contribution is 0.0949. The van der Waals surface area contributed by atoms with Crippen LogP contribution in [0.2, 0.25) is 0 Å². The second-order valence-electron chi connectivity index (χ2n) is 2.71. The molecule has 0 atom stereocenters. The molecule has 5 heteroatoms. The molecule has 0 saturated carbocycles. The van der Waals surface area contributed by atoms with Gasteiger partial charge in [0.25, 0.3) is 5.91 Å². The van der Waals surface area contributed by atoms with Crippen LogP contribution in [-0.2, 0) is 0 Å². The van der Waals surface area contributed by atoms with Crippen LogP contribution >= 0.6 is 0 Å². The van der Waals surface area contributed by atoms with E-state index in [1.807, 2.05) is 6.07 Å². The summed E-state index contributed by atoms with van der Waals surface area (Å²) in [5, 5.41) is 10.8. The lowest BCUT2D eigenvalue weighted by atomic mass is 10.4. The van der Waals surface area contributed by atoms with Gasteiger partial charge in [0, 0.05) is 12.7 Å². The number of amides is 1. The highest BCUT2D eigenvalue weighted by Gasteiger charge is 2.05. The Hall–Kier alpha value is -1.96. The second kappa shape index (κ2) is 4.92. The average molecular weight is 190 g/mol. The monoisotopic (exact) mass is 190 g/mol. The van der Waals surface area contributed by atoms with Crippen molar-refractivity contribution in [3.8, 4) is 6.07 Å². The van der Waals surface area contributed by atoms with E-state index in [1.165, 1.54) is 12.4 Å². The van der Waals surface area contributed by atoms with Gasteiger partial charge in [-0.1, -0.05) is 0 Å². The Bertz CT molecular complexity index is 352. The molecule has 0 bridgehead atoms. The lowest BCUT2D eigenvalue weighted by Crippen LogP contribution is -2.25. The fourth-order valence-corrected chi connectivity index (χ4v) is 0.832. The molecule has 1 N–H and O–H groups in total. The summed E-state index contributed by atoms with van der Waals surface area (Å²) in [5.74, 6) is -0.298. The van der Waals surface area contributed by atoms with E-state index in [0.717, 1.165) is 5.69 Å². The third-order valence-corrected chi connectivity index (χ3v) is 1.54. The SMILES string of the molecule is Cc1cnc(C(=O)NCCC#N)cn1. The molecule has 0 saturated heterocycles. The van der Waals surface area contributed by atoms with Gasteiger partial charge in [-0.3, -0.25) is 9.78 Å². The van der Waals surface area contributed by atoms with Crippen molar-refractivity contribution < 1.29 is 4.79 Å². The molecule has 14 heavy (non-hydrogen) atoms. The highest BCUT2D eigenvalue weighted by molar-refractivity contribution is 5.91. The van der Waals surface area contributed by atoms with Crippen molar-refractivity contribution in [2.75, 3.05) is 6.54 Å². The van der Waals surface area contributed by atoms with Gasteiger partial charge in [-0.25, -0.2) is 4.98 Å². The Balaban J connectivity index is 2.53. The van der Waals surface area contributed by atoms with Gasteiger partial charge in [0.05, 0.1) is 24.4 Å². The Morgan fingerprint density at radius 2 is 2.36 bits per heavy atom. The van der Waals surface area contributed by atoms with Gasteiger partial charge < -0.3 is 5.32 Å². The van der Waals surface area contributed by atoms with Crippen molar-refractivity contribution in [2.45, 2.75) is 13.3 Å². The number of rotatable bonds is 3. The normalized spacial score (nSPS) is 9.14. The molecule has 0 radical (unpaired) electrons. The molecular weight excluding hydrogens is 180 g/mol. The second-order valence-corrected chi connectivity index (χ2v) is 2.71. The van der Waals surface area contributed by atoms with Crippen molar-refractivity contribution in [3.63, 3.8) is 0 Å². The van der Waals surface area contributed by atoms with Crippen LogP contribution in [0.1, 0.15) is 22.6 Å². The summed E-state index contributed by atoms with van der Waals surface area (Å²) >= 11 is 0. The Kier molecular flexibility index (Phi) is 3.56. The molecule has 1 amide bonds. The summed E-state index contributed by atoms with van der Waals surface area (Å²) in [6.07, 6.45) is 3.24. The van der Waals surface area contributed by atoms with Crippen LogP contribution in [0.3, 0.4) is 0 Å². The Labute approximate surface area is 81.8 Å². The molecule has 0 aliphatic rings. The maximum atomic E-state index is 11.3. The average Bonchev–Trinajstić information content (AvgIpc) is 2.19. The van der Waals surface area contributed by atoms with Crippen molar-refractivity contribution in [1.82, 2.24) is 15.3 Å². The smallest absolute Gasteiger partial charge is 0.271 e. The van der Waals surface area contributed by atoms with Crippen LogP contribution in [0, 0.1) is 18.3 Å². The summed E-state index contributed by atoms with van der Waals surface area (Å²) in [4.78, 5) is 19.1. The zero-order valence-corrected chi connectivity index (χ0v) is 7.82. The molecule has 0 spiro atoms. The van der Waals surface area contributed by atoms with Crippen LogP contribution in [0.25, 0.3) is 0 Å². The molecule has 0 unspecified atom stereocenters. The summed E-state index contributed by atoms with van der Waals surface area (Å²) in [6, 6.07) is 1.93. The highest BCUT2D eigenvalue weighted by Crippen LogP contribution is 1.93. The van der Waals surface area contributed by atoms with Crippen molar-refractivity contribution in [2.24, 2.45) is 0 Å². The molecule has 1 heterocycles. The van der Waals surface area contributed by atoms with E-state index in [9.17, 15) is 4.79 Å². The van der Waals surface area contributed by atoms with Crippen LogP contribution in [0.4, 0.5) is 0 Å². The largest absolute Gasteiger partial charge is 0.350 e. The molecule has 5 nitrogen and oxygen atoms in total. The Morgan fingerprint density at radius 3 is 2.93 bits per heavy atom. The molecule has 0 aliphatic carbocycles. The number of nitriles is 1. The predicted molar refractivity (Wildman–Crippen MR) is 49.3 cm³/mol. The van der Waals surface area contributed by atoms with Gasteiger partial charge in [-0.15, -0.1) is 0 Å². The molecule has 0 aromatic carbocycles. The zero-order valence-electron chi connectivity index (χ0n) is 7.82. The molecule has 1 rings (SSSR count). The number of hydrogen-bond acceptors (Lipinski definition) is 4. The Morgan fingerprint density at radius 1 is 1.57 bits per heavy atom. The number of aryl methyl sites for hydroxylation is 1. The van der Waals surface area contributed by atoms with Gasteiger partial charge in [-0.2, -0.15) is 5.26 Å². The van der Waals surface area contributed by atoms with E-state index >= 15 is 0 Å². The minimum atomic E-state index is -0.298. The number of carbonyl (C=O) groups is 1. The minimum Gasteiger partial charge on any atom is -0.350 e. The van der Waals surface area contributed by atoms with E-state index in [1.54, 1.807) is 6.92 Å². The number of nitrogens with zero attached hydrogens (tertiary/aromatic N) is 3. The predicted octanol–water partition coefficient (Wildman–Crippen LogP) is 0.428. The van der Waals surface area contributed by atoms with E-state index in [-0.39, 0.29) is 11.6 Å². The quantitative estimate of drug-likeness (QED) is 0.701. The van der Waals surface area contributed by atoms with E-state index in [2.05, 4.69) is 15.3 Å². The fourth-order valence-electron chi connectivity index (χ4n) is 0.832. The van der Waals surface area contributed by atoms with Crippen LogP contribution in [0.15, 0.2) is 12.4 Å².